The van der Waals surface area contributed by atoms with E-state index >= 15 is 0 Å². The SMILES string of the molecule is [2H]c1c([2H])c2c3c(c1[2H])-n1c4c([2H])c([2H])c([2H])c([2H])c4c4c([2H])c([2H])c([2H])c(c41)N3c1c([2H])c(C#N)c([2H])c3c1B2c1c([2H])c([2H])c(N(c2c([2H])c([2H])c(C(C)(C)C)c([2H])c2[2H])c2c([2H])c([2H])c(C(C)(C)C)c([2H])c2[2H])c([2H])c1N3c1c([2H])c([2H])c([2H])c2c([2H])c([2H])c([2H])c([2H])c12. The summed E-state index contributed by atoms with van der Waals surface area (Å²) in [5.41, 5.74) is -14.2. The van der Waals surface area contributed by atoms with E-state index in [1.54, 1.807) is 41.5 Å². The number of fused-ring (bicyclic) bond motifs is 10. The molecule has 3 aliphatic rings. The third-order valence-corrected chi connectivity index (χ3v) is 12.1. The van der Waals surface area contributed by atoms with Crippen LogP contribution in [-0.2, 0) is 10.8 Å². The van der Waals surface area contributed by atoms with Crippen molar-refractivity contribution in [2.75, 3.05) is 14.7 Å². The molecule has 0 atom stereocenters. The van der Waals surface area contributed by atoms with Crippen LogP contribution in [0.1, 0.15) is 99.4 Å². The van der Waals surface area contributed by atoms with E-state index in [2.05, 4.69) is 0 Å². The summed E-state index contributed by atoms with van der Waals surface area (Å²) in [7, 11) is 0. The lowest BCUT2D eigenvalue weighted by Gasteiger charge is -2.46. The van der Waals surface area contributed by atoms with E-state index in [0.717, 1.165) is 9.47 Å². The van der Waals surface area contributed by atoms with Gasteiger partial charge in [0.15, 0.2) is 0 Å². The van der Waals surface area contributed by atoms with Crippen LogP contribution in [0.3, 0.4) is 0 Å². The van der Waals surface area contributed by atoms with Gasteiger partial charge < -0.3 is 19.3 Å². The molecular formula is C61H48BN5. The van der Waals surface area contributed by atoms with Crippen LogP contribution < -0.4 is 31.1 Å². The monoisotopic (exact) mass is 892 g/mol. The molecule has 3 aliphatic heterocycles. The molecule has 0 amide bonds. The van der Waals surface area contributed by atoms with Crippen molar-refractivity contribution >= 4 is 107 Å². The minimum absolute atomic E-state index is 0.175. The first-order chi connectivity index (χ1) is 45.0. The number of para-hydroxylation sites is 3. The predicted octanol–water partition coefficient (Wildman–Crippen LogP) is 14.3. The fourth-order valence-electron chi connectivity index (χ4n) is 9.02. The second-order valence-electron chi connectivity index (χ2n) is 18.2. The van der Waals surface area contributed by atoms with Gasteiger partial charge in [-0.25, -0.2) is 0 Å². The third kappa shape index (κ3) is 5.68. The Labute approximate surface area is 434 Å². The van der Waals surface area contributed by atoms with Crippen molar-refractivity contribution in [3.8, 4) is 11.8 Å². The van der Waals surface area contributed by atoms with E-state index < -0.39 is 310 Å². The summed E-state index contributed by atoms with van der Waals surface area (Å²) >= 11 is 0. The van der Waals surface area contributed by atoms with Gasteiger partial charge in [0.1, 0.15) is 0 Å². The van der Waals surface area contributed by atoms with Crippen molar-refractivity contribution in [2.45, 2.75) is 52.4 Å². The maximum atomic E-state index is 11.4. The first-order valence-corrected chi connectivity index (χ1v) is 21.0. The molecular weight excluding hydrogens is 814 g/mol. The summed E-state index contributed by atoms with van der Waals surface area (Å²) in [6, 6.07) is -26.2. The minimum atomic E-state index is -2.15. The zero-order chi connectivity index (χ0) is 71.6. The van der Waals surface area contributed by atoms with Crippen molar-refractivity contribution in [1.82, 2.24) is 4.57 Å². The lowest BCUT2D eigenvalue weighted by Crippen LogP contribution is -2.61. The minimum Gasteiger partial charge on any atom is -0.311 e. The molecule has 9 aromatic carbocycles. The lowest BCUT2D eigenvalue weighted by atomic mass is 9.33. The maximum absolute atomic E-state index is 11.4. The zero-order valence-electron chi connectivity index (χ0n) is 66.3. The Hall–Kier alpha value is -8.01. The second-order valence-corrected chi connectivity index (χ2v) is 18.2. The number of benzene rings is 9. The van der Waals surface area contributed by atoms with Crippen LogP contribution in [0.15, 0.2) is 181 Å². The number of hydrogen-bond donors (Lipinski definition) is 0. The van der Waals surface area contributed by atoms with Crippen LogP contribution in [0.4, 0.5) is 51.2 Å². The molecule has 0 saturated carbocycles. The summed E-state index contributed by atoms with van der Waals surface area (Å²) in [6.45, 7) is 7.35. The van der Waals surface area contributed by atoms with E-state index in [-0.39, 0.29) is 11.1 Å². The summed E-state index contributed by atoms with van der Waals surface area (Å²) in [4.78, 5) is 2.28. The Kier molecular flexibility index (Phi) is 4.07. The molecule has 1 aromatic heterocycles. The maximum Gasteiger partial charge on any atom is 0.252 e. The van der Waals surface area contributed by atoms with Gasteiger partial charge in [-0.1, -0.05) is 150 Å². The first-order valence-electron chi connectivity index (χ1n) is 36.0. The molecule has 6 heteroatoms. The first kappa shape index (κ1) is 19.5. The highest BCUT2D eigenvalue weighted by molar-refractivity contribution is 7.00. The molecule has 0 fully saturated rings. The molecule has 67 heavy (non-hydrogen) atoms. The van der Waals surface area contributed by atoms with Crippen molar-refractivity contribution < 1.29 is 41.1 Å². The van der Waals surface area contributed by atoms with E-state index in [1.165, 1.54) is 0 Å². The van der Waals surface area contributed by atoms with Gasteiger partial charge in [-0.15, -0.1) is 0 Å². The van der Waals surface area contributed by atoms with Crippen molar-refractivity contribution in [2.24, 2.45) is 0 Å². The van der Waals surface area contributed by atoms with Crippen LogP contribution in [0.5, 0.6) is 0 Å². The Balaban J connectivity index is 1.35. The standard InChI is InChI=1S/C61H48BN5/c1-60(2,3)40-24-28-42(29-25-40)64(43-30-26-41(27-31-43)61(4,5)6)44-32-33-48-54(36-44)65(50-21-11-15-39-14-7-8-16-45(39)50)55-34-38(37-63)35-56-57(55)62(48)49-19-13-23-53-59(49)67(56)52-22-12-18-47-46-17-9-10-20-51(46)66(53)58(47)52/h7-36H,1-6H3/i7D,8D,9D,10D,11D,12D,13D,14D,15D,16D,17D,18D,19D,20D,21D,22D,23D,24D,25D,26D,27D,28D,29D,30D,31D,32D,33D,34D,35D,36D. The molecule has 0 radical (unpaired) electrons. The summed E-state index contributed by atoms with van der Waals surface area (Å²) in [6.07, 6.45) is 0. The van der Waals surface area contributed by atoms with Gasteiger partial charge in [-0.2, -0.15) is 5.26 Å². The number of rotatable bonds is 4. The van der Waals surface area contributed by atoms with E-state index in [4.69, 9.17) is 5.48 Å². The average Bonchev–Trinajstić information content (AvgIpc) is 1.65. The van der Waals surface area contributed by atoms with Crippen LogP contribution in [0.2, 0.25) is 0 Å². The molecule has 10 aromatic rings. The van der Waals surface area contributed by atoms with Gasteiger partial charge in [0.05, 0.1) is 86.5 Å². The van der Waals surface area contributed by atoms with Crippen LogP contribution in [0.25, 0.3) is 38.3 Å². The van der Waals surface area contributed by atoms with Crippen LogP contribution >= 0.6 is 0 Å². The molecule has 0 saturated heterocycles. The second kappa shape index (κ2) is 14.0. The molecule has 0 spiro atoms. The molecule has 4 heterocycles. The van der Waals surface area contributed by atoms with Crippen molar-refractivity contribution in [3.63, 3.8) is 0 Å². The molecule has 0 N–H and O–H groups in total. The Morgan fingerprint density at radius 2 is 1.06 bits per heavy atom. The molecule has 5 nitrogen and oxygen atoms in total. The highest BCUT2D eigenvalue weighted by Gasteiger charge is 2.46. The van der Waals surface area contributed by atoms with Gasteiger partial charge in [0, 0.05) is 50.3 Å². The topological polar surface area (TPSA) is 38.4 Å². The van der Waals surface area contributed by atoms with E-state index in [1.807, 2.05) is 6.07 Å². The summed E-state index contributed by atoms with van der Waals surface area (Å²) in [5, 5.41) is 9.05. The largest absolute Gasteiger partial charge is 0.311 e. The Bertz CT molecular complexity index is 5400. The summed E-state index contributed by atoms with van der Waals surface area (Å²) < 4.78 is 291. The van der Waals surface area contributed by atoms with Gasteiger partial charge in [0.25, 0.3) is 6.71 Å². The number of hydrogen-bond acceptors (Lipinski definition) is 4. The Morgan fingerprint density at radius 1 is 0.493 bits per heavy atom. The fraction of sp³-hybridized carbons (Fsp3) is 0.131. The number of nitrogens with zero attached hydrogens (tertiary/aromatic N) is 5. The van der Waals surface area contributed by atoms with E-state index in [9.17, 15) is 40.9 Å². The smallest absolute Gasteiger partial charge is 0.252 e. The molecule has 0 aliphatic carbocycles. The third-order valence-electron chi connectivity index (χ3n) is 12.1. The summed E-state index contributed by atoms with van der Waals surface area (Å²) in [5.74, 6) is 0. The van der Waals surface area contributed by atoms with Crippen molar-refractivity contribution in [1.29, 1.82) is 5.26 Å². The lowest BCUT2D eigenvalue weighted by molar-refractivity contribution is 0.590. The predicted molar refractivity (Wildman–Crippen MR) is 283 cm³/mol. The Morgan fingerprint density at radius 3 is 1.76 bits per heavy atom. The molecule has 0 bridgehead atoms. The highest BCUT2D eigenvalue weighted by atomic mass is 15.2. The van der Waals surface area contributed by atoms with Crippen LogP contribution in [-0.4, -0.2) is 11.3 Å². The van der Waals surface area contributed by atoms with Gasteiger partial charge >= 0.3 is 0 Å². The normalized spacial score (nSPS) is 19.7. The van der Waals surface area contributed by atoms with Crippen LogP contribution in [0, 0.1) is 11.3 Å². The number of anilines is 9. The van der Waals surface area contributed by atoms with Gasteiger partial charge in [-0.05, 0) is 116 Å². The number of nitriles is 1. The van der Waals surface area contributed by atoms with Crippen molar-refractivity contribution in [3.05, 3.63) is 198 Å². The fourth-order valence-corrected chi connectivity index (χ4v) is 9.02. The average molecular weight is 892 g/mol. The quantitative estimate of drug-likeness (QED) is 0.165. The molecule has 13 rings (SSSR count). The zero-order valence-corrected chi connectivity index (χ0v) is 36.3. The highest BCUT2D eigenvalue weighted by Crippen LogP contribution is 2.53. The molecule has 0 unspecified atom stereocenters. The van der Waals surface area contributed by atoms with Gasteiger partial charge in [-0.3, -0.25) is 0 Å². The number of aromatic nitrogens is 1. The molecule has 320 valence electrons. The van der Waals surface area contributed by atoms with E-state index in [0.29, 0.717) is 9.80 Å². The van der Waals surface area contributed by atoms with Gasteiger partial charge in [0.2, 0.25) is 0 Å².